The first-order valence-corrected chi connectivity index (χ1v) is 10.0. The van der Waals surface area contributed by atoms with Crippen molar-refractivity contribution in [2.24, 2.45) is 0 Å². The Bertz CT molecular complexity index is 1020. The molecule has 7 heteroatoms. The van der Waals surface area contributed by atoms with Crippen molar-refractivity contribution >= 4 is 23.4 Å². The minimum absolute atomic E-state index is 0.133. The van der Waals surface area contributed by atoms with Gasteiger partial charge >= 0.3 is 6.03 Å². The number of rotatable bonds is 8. The number of carbonyl (C=O) groups is 2. The number of nitrogens with zero attached hydrogens (tertiary/aromatic N) is 1. The molecule has 1 heterocycles. The third kappa shape index (κ3) is 7.15. The first kappa shape index (κ1) is 21.8. The molecule has 31 heavy (non-hydrogen) atoms. The number of anilines is 2. The number of aromatic nitrogens is 1. The van der Waals surface area contributed by atoms with Crippen molar-refractivity contribution in [1.29, 1.82) is 0 Å². The second kappa shape index (κ2) is 10.8. The Morgan fingerprint density at radius 3 is 2.45 bits per heavy atom. The molecular weight excluding hydrogens is 392 g/mol. The van der Waals surface area contributed by atoms with E-state index in [0.29, 0.717) is 23.9 Å². The van der Waals surface area contributed by atoms with Gasteiger partial charge < -0.3 is 20.7 Å². The molecule has 0 spiro atoms. The van der Waals surface area contributed by atoms with Crippen LogP contribution in [0.15, 0.2) is 66.9 Å². The standard InChI is InChI=1S/C24H26N4O3/c1-17-8-10-20(21(14-17)31-16-19-6-4-3-5-7-19)27-24(30)25-13-12-23(29)28-22-11-9-18(2)15-26-22/h3-11,14-15H,12-13,16H2,1-2H3,(H2,25,27,30)(H,26,28,29). The van der Waals surface area contributed by atoms with Crippen LogP contribution in [0.25, 0.3) is 0 Å². The second-order valence-electron chi connectivity index (χ2n) is 7.17. The number of amides is 3. The predicted octanol–water partition coefficient (Wildman–Crippen LogP) is 4.43. The van der Waals surface area contributed by atoms with Crippen LogP contribution >= 0.6 is 0 Å². The van der Waals surface area contributed by atoms with Crippen molar-refractivity contribution in [3.8, 4) is 5.75 Å². The number of ether oxygens (including phenoxy) is 1. The number of urea groups is 1. The van der Waals surface area contributed by atoms with E-state index in [1.165, 1.54) is 0 Å². The van der Waals surface area contributed by atoms with Gasteiger partial charge in [0.1, 0.15) is 18.2 Å². The molecule has 0 fully saturated rings. The fourth-order valence-corrected chi connectivity index (χ4v) is 2.79. The van der Waals surface area contributed by atoms with Crippen LogP contribution in [0, 0.1) is 13.8 Å². The summed E-state index contributed by atoms with van der Waals surface area (Å²) in [4.78, 5) is 28.4. The van der Waals surface area contributed by atoms with E-state index in [4.69, 9.17) is 4.74 Å². The van der Waals surface area contributed by atoms with Gasteiger partial charge in [-0.15, -0.1) is 0 Å². The lowest BCUT2D eigenvalue weighted by molar-refractivity contribution is -0.116. The summed E-state index contributed by atoms with van der Waals surface area (Å²) >= 11 is 0. The molecule has 0 bridgehead atoms. The minimum Gasteiger partial charge on any atom is -0.487 e. The van der Waals surface area contributed by atoms with Crippen molar-refractivity contribution in [3.63, 3.8) is 0 Å². The Balaban J connectivity index is 1.48. The highest BCUT2D eigenvalue weighted by atomic mass is 16.5. The van der Waals surface area contributed by atoms with Crippen molar-refractivity contribution < 1.29 is 14.3 Å². The summed E-state index contributed by atoms with van der Waals surface area (Å²) in [6.45, 7) is 4.47. The highest BCUT2D eigenvalue weighted by molar-refractivity contribution is 5.92. The SMILES string of the molecule is Cc1ccc(NC(=O)CCNC(=O)Nc2ccc(C)cc2OCc2ccccc2)nc1. The zero-order valence-electron chi connectivity index (χ0n) is 17.6. The van der Waals surface area contributed by atoms with Gasteiger partial charge in [-0.1, -0.05) is 42.5 Å². The molecule has 0 aliphatic rings. The fraction of sp³-hybridized carbons (Fsp3) is 0.208. The second-order valence-corrected chi connectivity index (χ2v) is 7.17. The number of benzene rings is 2. The summed E-state index contributed by atoms with van der Waals surface area (Å²) in [6, 6.07) is 18.6. The van der Waals surface area contributed by atoms with E-state index in [1.807, 2.05) is 62.4 Å². The van der Waals surface area contributed by atoms with Crippen LogP contribution in [0.1, 0.15) is 23.1 Å². The van der Waals surface area contributed by atoms with Gasteiger partial charge in [-0.25, -0.2) is 9.78 Å². The molecule has 0 aliphatic carbocycles. The smallest absolute Gasteiger partial charge is 0.319 e. The molecule has 2 aromatic carbocycles. The minimum atomic E-state index is -0.408. The number of nitrogens with one attached hydrogen (secondary N) is 3. The zero-order chi connectivity index (χ0) is 22.1. The predicted molar refractivity (Wildman–Crippen MR) is 121 cm³/mol. The average Bonchev–Trinajstić information content (AvgIpc) is 2.76. The summed E-state index contributed by atoms with van der Waals surface area (Å²) in [5, 5.41) is 8.17. The molecule has 0 unspecified atom stereocenters. The lowest BCUT2D eigenvalue weighted by Crippen LogP contribution is -2.31. The number of hydrogen-bond acceptors (Lipinski definition) is 4. The van der Waals surface area contributed by atoms with Crippen LogP contribution in [-0.2, 0) is 11.4 Å². The van der Waals surface area contributed by atoms with Gasteiger partial charge in [0.25, 0.3) is 0 Å². The third-order valence-corrected chi connectivity index (χ3v) is 4.44. The quantitative estimate of drug-likeness (QED) is 0.505. The molecule has 3 aromatic rings. The molecule has 0 atom stereocenters. The number of pyridine rings is 1. The topological polar surface area (TPSA) is 92.4 Å². The van der Waals surface area contributed by atoms with E-state index in [2.05, 4.69) is 20.9 Å². The number of aryl methyl sites for hydroxylation is 2. The highest BCUT2D eigenvalue weighted by Gasteiger charge is 2.10. The Morgan fingerprint density at radius 2 is 1.71 bits per heavy atom. The Labute approximate surface area is 181 Å². The summed E-state index contributed by atoms with van der Waals surface area (Å²) in [5.74, 6) is 0.848. The summed E-state index contributed by atoms with van der Waals surface area (Å²) in [6.07, 6.45) is 1.81. The van der Waals surface area contributed by atoms with Crippen molar-refractivity contribution in [2.45, 2.75) is 26.9 Å². The van der Waals surface area contributed by atoms with Gasteiger partial charge in [-0.2, -0.15) is 0 Å². The molecule has 160 valence electrons. The summed E-state index contributed by atoms with van der Waals surface area (Å²) < 4.78 is 5.91. The molecule has 7 nitrogen and oxygen atoms in total. The molecular formula is C24H26N4O3. The largest absolute Gasteiger partial charge is 0.487 e. The summed E-state index contributed by atoms with van der Waals surface area (Å²) in [7, 11) is 0. The van der Waals surface area contributed by atoms with Crippen LogP contribution in [-0.4, -0.2) is 23.5 Å². The van der Waals surface area contributed by atoms with Crippen LogP contribution in [0.2, 0.25) is 0 Å². The highest BCUT2D eigenvalue weighted by Crippen LogP contribution is 2.26. The number of carbonyl (C=O) groups excluding carboxylic acids is 2. The van der Waals surface area contributed by atoms with Gasteiger partial charge in [0.05, 0.1) is 5.69 Å². The third-order valence-electron chi connectivity index (χ3n) is 4.44. The van der Waals surface area contributed by atoms with Crippen molar-refractivity contribution in [2.75, 3.05) is 17.2 Å². The van der Waals surface area contributed by atoms with Gasteiger partial charge in [0.2, 0.25) is 5.91 Å². The Morgan fingerprint density at radius 1 is 0.935 bits per heavy atom. The van der Waals surface area contributed by atoms with Crippen molar-refractivity contribution in [3.05, 3.63) is 83.6 Å². The Kier molecular flexibility index (Phi) is 7.59. The Hall–Kier alpha value is -3.87. The molecule has 1 aromatic heterocycles. The fourth-order valence-electron chi connectivity index (χ4n) is 2.79. The van der Waals surface area contributed by atoms with Gasteiger partial charge in [-0.3, -0.25) is 4.79 Å². The van der Waals surface area contributed by atoms with E-state index in [-0.39, 0.29) is 18.9 Å². The first-order chi connectivity index (χ1) is 15.0. The first-order valence-electron chi connectivity index (χ1n) is 10.0. The lowest BCUT2D eigenvalue weighted by atomic mass is 10.2. The van der Waals surface area contributed by atoms with E-state index in [9.17, 15) is 9.59 Å². The maximum atomic E-state index is 12.3. The number of hydrogen-bond donors (Lipinski definition) is 3. The lowest BCUT2D eigenvalue weighted by Gasteiger charge is -2.14. The molecule has 0 saturated carbocycles. The monoisotopic (exact) mass is 418 g/mol. The van der Waals surface area contributed by atoms with Gasteiger partial charge in [0.15, 0.2) is 0 Å². The summed E-state index contributed by atoms with van der Waals surface area (Å²) in [5.41, 5.74) is 3.63. The maximum absolute atomic E-state index is 12.3. The molecule has 0 saturated heterocycles. The van der Waals surface area contributed by atoms with Crippen LogP contribution in [0.3, 0.4) is 0 Å². The average molecular weight is 418 g/mol. The van der Waals surface area contributed by atoms with Crippen molar-refractivity contribution in [1.82, 2.24) is 10.3 Å². The van der Waals surface area contributed by atoms with E-state index >= 15 is 0 Å². The zero-order valence-corrected chi connectivity index (χ0v) is 17.6. The maximum Gasteiger partial charge on any atom is 0.319 e. The van der Waals surface area contributed by atoms with Gasteiger partial charge in [0, 0.05) is 19.2 Å². The molecule has 3 rings (SSSR count). The van der Waals surface area contributed by atoms with Crippen LogP contribution < -0.4 is 20.7 Å². The molecule has 3 amide bonds. The van der Waals surface area contributed by atoms with Gasteiger partial charge in [-0.05, 0) is 48.7 Å². The molecule has 0 aliphatic heterocycles. The van der Waals surface area contributed by atoms with Crippen LogP contribution in [0.5, 0.6) is 5.75 Å². The van der Waals surface area contributed by atoms with Crippen LogP contribution in [0.4, 0.5) is 16.3 Å². The van der Waals surface area contributed by atoms with E-state index < -0.39 is 6.03 Å². The van der Waals surface area contributed by atoms with E-state index in [1.54, 1.807) is 18.3 Å². The van der Waals surface area contributed by atoms with E-state index in [0.717, 1.165) is 16.7 Å². The molecule has 0 radical (unpaired) electrons. The molecule has 3 N–H and O–H groups in total. The normalized spacial score (nSPS) is 10.3.